The van der Waals surface area contributed by atoms with Crippen molar-refractivity contribution < 1.29 is 18.9 Å². The van der Waals surface area contributed by atoms with E-state index in [1.54, 1.807) is 7.11 Å². The molecule has 1 heterocycles. The van der Waals surface area contributed by atoms with Crippen molar-refractivity contribution in [3.63, 3.8) is 0 Å². The van der Waals surface area contributed by atoms with E-state index in [2.05, 4.69) is 30.4 Å². The van der Waals surface area contributed by atoms with Crippen molar-refractivity contribution >= 4 is 5.69 Å². The highest BCUT2D eigenvalue weighted by molar-refractivity contribution is 5.56. The predicted octanol–water partition coefficient (Wildman–Crippen LogP) is 4.92. The van der Waals surface area contributed by atoms with Crippen molar-refractivity contribution in [2.45, 2.75) is 20.1 Å². The molecule has 3 aromatic carbocycles. The van der Waals surface area contributed by atoms with Gasteiger partial charge in [0.2, 0.25) is 6.79 Å². The third-order valence-corrected chi connectivity index (χ3v) is 4.60. The molecule has 5 nitrogen and oxygen atoms in total. The molecule has 0 bridgehead atoms. The molecule has 1 aliphatic rings. The molecule has 1 N–H and O–H groups in total. The maximum absolute atomic E-state index is 6.15. The third kappa shape index (κ3) is 3.98. The first-order chi connectivity index (χ1) is 13.7. The fourth-order valence-corrected chi connectivity index (χ4v) is 3.19. The minimum atomic E-state index is 0.269. The highest BCUT2D eigenvalue weighted by Gasteiger charge is 2.14. The van der Waals surface area contributed by atoms with Gasteiger partial charge in [-0.05, 0) is 30.7 Å². The Labute approximate surface area is 164 Å². The molecule has 3 aromatic rings. The number of ether oxygens (including phenoxy) is 4. The molecule has 0 spiro atoms. The lowest BCUT2D eigenvalue weighted by molar-refractivity contribution is 0.174. The van der Waals surface area contributed by atoms with Gasteiger partial charge in [0.15, 0.2) is 23.0 Å². The van der Waals surface area contributed by atoms with Gasteiger partial charge in [-0.15, -0.1) is 0 Å². The van der Waals surface area contributed by atoms with Crippen LogP contribution >= 0.6 is 0 Å². The number of benzene rings is 3. The van der Waals surface area contributed by atoms with Gasteiger partial charge in [-0.25, -0.2) is 0 Å². The molecule has 0 aromatic heterocycles. The highest BCUT2D eigenvalue weighted by Crippen LogP contribution is 2.35. The standard InChI is InChI=1S/C23H23NO4/c1-16-5-3-6-17(11-16)14-26-23-18(7-4-8-21(23)25-2)13-24-19-9-10-20-22(12-19)28-15-27-20/h3-12,24H,13-15H2,1-2H3. The van der Waals surface area contributed by atoms with Crippen LogP contribution in [0.2, 0.25) is 0 Å². The maximum atomic E-state index is 6.15. The van der Waals surface area contributed by atoms with Crippen LogP contribution in [0.15, 0.2) is 60.7 Å². The Bertz CT molecular complexity index is 971. The number of para-hydroxylation sites is 1. The summed E-state index contributed by atoms with van der Waals surface area (Å²) in [6.07, 6.45) is 0. The summed E-state index contributed by atoms with van der Waals surface area (Å²) >= 11 is 0. The third-order valence-electron chi connectivity index (χ3n) is 4.60. The van der Waals surface area contributed by atoms with Crippen LogP contribution < -0.4 is 24.3 Å². The Morgan fingerprint density at radius 1 is 0.964 bits per heavy atom. The number of fused-ring (bicyclic) bond motifs is 1. The zero-order chi connectivity index (χ0) is 19.3. The molecule has 28 heavy (non-hydrogen) atoms. The maximum Gasteiger partial charge on any atom is 0.231 e. The lowest BCUT2D eigenvalue weighted by Gasteiger charge is -2.16. The van der Waals surface area contributed by atoms with Crippen LogP contribution in [0.4, 0.5) is 5.69 Å². The summed E-state index contributed by atoms with van der Waals surface area (Å²) in [5.41, 5.74) is 4.31. The van der Waals surface area contributed by atoms with E-state index in [0.29, 0.717) is 13.2 Å². The van der Waals surface area contributed by atoms with E-state index in [9.17, 15) is 0 Å². The zero-order valence-corrected chi connectivity index (χ0v) is 16.0. The first-order valence-electron chi connectivity index (χ1n) is 9.20. The lowest BCUT2D eigenvalue weighted by atomic mass is 10.1. The van der Waals surface area contributed by atoms with Crippen molar-refractivity contribution in [1.29, 1.82) is 0 Å². The molecular weight excluding hydrogens is 354 g/mol. The molecule has 1 aliphatic heterocycles. The second-order valence-corrected chi connectivity index (χ2v) is 6.65. The van der Waals surface area contributed by atoms with E-state index in [-0.39, 0.29) is 6.79 Å². The summed E-state index contributed by atoms with van der Waals surface area (Å²) in [5.74, 6) is 3.00. The van der Waals surface area contributed by atoms with Gasteiger partial charge in [0, 0.05) is 23.9 Å². The quantitative estimate of drug-likeness (QED) is 0.633. The second-order valence-electron chi connectivity index (χ2n) is 6.65. The van der Waals surface area contributed by atoms with Crippen molar-refractivity contribution in [2.24, 2.45) is 0 Å². The van der Waals surface area contributed by atoms with Gasteiger partial charge in [-0.3, -0.25) is 0 Å². The molecule has 0 saturated heterocycles. The van der Waals surface area contributed by atoms with E-state index in [4.69, 9.17) is 18.9 Å². The molecule has 144 valence electrons. The van der Waals surface area contributed by atoms with Crippen LogP contribution in [0.5, 0.6) is 23.0 Å². The monoisotopic (exact) mass is 377 g/mol. The average molecular weight is 377 g/mol. The zero-order valence-electron chi connectivity index (χ0n) is 16.0. The number of rotatable bonds is 7. The summed E-state index contributed by atoms with van der Waals surface area (Å²) in [4.78, 5) is 0. The van der Waals surface area contributed by atoms with E-state index >= 15 is 0 Å². The van der Waals surface area contributed by atoms with Gasteiger partial charge < -0.3 is 24.3 Å². The van der Waals surface area contributed by atoms with Crippen LogP contribution in [-0.4, -0.2) is 13.9 Å². The van der Waals surface area contributed by atoms with E-state index in [1.807, 2.05) is 42.5 Å². The van der Waals surface area contributed by atoms with Gasteiger partial charge in [0.05, 0.1) is 7.11 Å². The Morgan fingerprint density at radius 2 is 1.82 bits per heavy atom. The summed E-state index contributed by atoms with van der Waals surface area (Å²) in [7, 11) is 1.66. The smallest absolute Gasteiger partial charge is 0.231 e. The minimum Gasteiger partial charge on any atom is -0.493 e. The van der Waals surface area contributed by atoms with E-state index in [0.717, 1.165) is 39.8 Å². The molecule has 4 rings (SSSR count). The minimum absolute atomic E-state index is 0.269. The van der Waals surface area contributed by atoms with Crippen LogP contribution in [0, 0.1) is 6.92 Å². The molecule has 0 radical (unpaired) electrons. The summed E-state index contributed by atoms with van der Waals surface area (Å²) in [6, 6.07) is 20.0. The fourth-order valence-electron chi connectivity index (χ4n) is 3.19. The van der Waals surface area contributed by atoms with Gasteiger partial charge in [0.25, 0.3) is 0 Å². The lowest BCUT2D eigenvalue weighted by Crippen LogP contribution is -2.05. The highest BCUT2D eigenvalue weighted by atomic mass is 16.7. The van der Waals surface area contributed by atoms with E-state index < -0.39 is 0 Å². The van der Waals surface area contributed by atoms with Crippen LogP contribution in [-0.2, 0) is 13.2 Å². The Morgan fingerprint density at radius 3 is 2.68 bits per heavy atom. The average Bonchev–Trinajstić information content (AvgIpc) is 3.18. The number of hydrogen-bond donors (Lipinski definition) is 1. The first kappa shape index (κ1) is 18.0. The number of nitrogens with one attached hydrogen (secondary N) is 1. The van der Waals surface area contributed by atoms with Gasteiger partial charge in [0.1, 0.15) is 6.61 Å². The van der Waals surface area contributed by atoms with Gasteiger partial charge in [-0.1, -0.05) is 42.0 Å². The topological polar surface area (TPSA) is 49.0 Å². The number of aryl methyl sites for hydroxylation is 1. The van der Waals surface area contributed by atoms with Crippen LogP contribution in [0.25, 0.3) is 0 Å². The first-order valence-corrected chi connectivity index (χ1v) is 9.20. The molecule has 0 saturated carbocycles. The number of methoxy groups -OCH3 is 1. The van der Waals surface area contributed by atoms with Gasteiger partial charge in [-0.2, -0.15) is 0 Å². The normalized spacial score (nSPS) is 11.9. The molecular formula is C23H23NO4. The summed E-state index contributed by atoms with van der Waals surface area (Å²) in [6.45, 7) is 3.43. The molecule has 0 unspecified atom stereocenters. The van der Waals surface area contributed by atoms with Crippen molar-refractivity contribution in [3.8, 4) is 23.0 Å². The Balaban J connectivity index is 1.50. The Kier molecular flexibility index (Phi) is 5.24. The van der Waals surface area contributed by atoms with Crippen molar-refractivity contribution in [2.75, 3.05) is 19.2 Å². The summed E-state index contributed by atoms with van der Waals surface area (Å²) in [5, 5.41) is 3.42. The molecule has 0 amide bonds. The molecule has 0 aliphatic carbocycles. The van der Waals surface area contributed by atoms with Gasteiger partial charge >= 0.3 is 0 Å². The van der Waals surface area contributed by atoms with Crippen molar-refractivity contribution in [3.05, 3.63) is 77.4 Å². The number of anilines is 1. The molecule has 0 atom stereocenters. The second kappa shape index (κ2) is 8.13. The SMILES string of the molecule is COc1cccc(CNc2ccc3c(c2)OCO3)c1OCc1cccc(C)c1. The fraction of sp³-hybridized carbons (Fsp3) is 0.217. The van der Waals surface area contributed by atoms with Crippen LogP contribution in [0.1, 0.15) is 16.7 Å². The van der Waals surface area contributed by atoms with Crippen molar-refractivity contribution in [1.82, 2.24) is 0 Å². The largest absolute Gasteiger partial charge is 0.493 e. The molecule has 5 heteroatoms. The van der Waals surface area contributed by atoms with E-state index in [1.165, 1.54) is 5.56 Å². The molecule has 0 fully saturated rings. The van der Waals surface area contributed by atoms with Crippen LogP contribution in [0.3, 0.4) is 0 Å². The summed E-state index contributed by atoms with van der Waals surface area (Å²) < 4.78 is 22.5. The number of hydrogen-bond acceptors (Lipinski definition) is 5. The Hall–Kier alpha value is -3.34. The predicted molar refractivity (Wildman–Crippen MR) is 108 cm³/mol.